The fourth-order valence-corrected chi connectivity index (χ4v) is 2.02. The first-order valence-corrected chi connectivity index (χ1v) is 6.35. The van der Waals surface area contributed by atoms with Crippen LogP contribution in [0.1, 0.15) is 5.56 Å². The summed E-state index contributed by atoms with van der Waals surface area (Å²) in [7, 11) is 0. The van der Waals surface area contributed by atoms with E-state index in [2.05, 4.69) is 11.5 Å². The molecule has 2 aromatic carbocycles. The molecule has 2 aromatic rings. The van der Waals surface area contributed by atoms with Crippen LogP contribution in [0, 0.1) is 10.1 Å². The van der Waals surface area contributed by atoms with Gasteiger partial charge in [0.15, 0.2) is 0 Å². The lowest BCUT2D eigenvalue weighted by Gasteiger charge is -2.23. The maximum Gasteiger partial charge on any atom is 0.271 e. The Balaban J connectivity index is 2.26. The maximum absolute atomic E-state index is 10.9. The maximum atomic E-state index is 10.9. The second kappa shape index (κ2) is 6.52. The first kappa shape index (κ1) is 13.8. The minimum atomic E-state index is -0.377. The zero-order chi connectivity index (χ0) is 14.4. The van der Waals surface area contributed by atoms with Gasteiger partial charge in [-0.2, -0.15) is 0 Å². The van der Waals surface area contributed by atoms with E-state index in [0.717, 1.165) is 11.3 Å². The molecule has 0 N–H and O–H groups in total. The molecule has 0 radical (unpaired) electrons. The number of nitrogens with zero attached hydrogens (tertiary/aromatic N) is 2. The Morgan fingerprint density at radius 2 is 1.90 bits per heavy atom. The molecule has 0 fully saturated rings. The van der Waals surface area contributed by atoms with Crippen molar-refractivity contribution in [1.82, 2.24) is 0 Å². The second-order valence-electron chi connectivity index (χ2n) is 4.43. The van der Waals surface area contributed by atoms with Crippen molar-refractivity contribution in [2.24, 2.45) is 0 Å². The molecule has 0 atom stereocenters. The molecule has 0 aromatic heterocycles. The van der Waals surface area contributed by atoms with Crippen molar-refractivity contribution >= 4 is 11.4 Å². The highest BCUT2D eigenvalue weighted by Crippen LogP contribution is 2.22. The van der Waals surface area contributed by atoms with Crippen LogP contribution in [0.25, 0.3) is 0 Å². The third kappa shape index (κ3) is 3.45. The fraction of sp³-hybridized carbons (Fsp3) is 0.125. The van der Waals surface area contributed by atoms with E-state index in [9.17, 15) is 10.1 Å². The fourth-order valence-electron chi connectivity index (χ4n) is 2.02. The lowest BCUT2D eigenvalue weighted by molar-refractivity contribution is -0.384. The van der Waals surface area contributed by atoms with E-state index in [1.54, 1.807) is 18.2 Å². The van der Waals surface area contributed by atoms with Crippen LogP contribution in [0.2, 0.25) is 0 Å². The van der Waals surface area contributed by atoms with Crippen LogP contribution in [-0.2, 0) is 6.54 Å². The van der Waals surface area contributed by atoms with Gasteiger partial charge in [0.2, 0.25) is 0 Å². The molecule has 0 aliphatic rings. The predicted octanol–water partition coefficient (Wildman–Crippen LogP) is 3.79. The van der Waals surface area contributed by atoms with Gasteiger partial charge in [-0.3, -0.25) is 10.1 Å². The lowest BCUT2D eigenvalue weighted by atomic mass is 10.2. The number of benzene rings is 2. The molecular formula is C16H16N2O2. The lowest BCUT2D eigenvalue weighted by Crippen LogP contribution is -2.22. The van der Waals surface area contributed by atoms with E-state index >= 15 is 0 Å². The van der Waals surface area contributed by atoms with Gasteiger partial charge < -0.3 is 4.90 Å². The molecule has 0 amide bonds. The zero-order valence-electron chi connectivity index (χ0n) is 11.1. The monoisotopic (exact) mass is 268 g/mol. The summed E-state index contributed by atoms with van der Waals surface area (Å²) >= 11 is 0. The summed E-state index contributed by atoms with van der Waals surface area (Å²) in [5, 5.41) is 10.9. The quantitative estimate of drug-likeness (QED) is 0.455. The van der Waals surface area contributed by atoms with E-state index in [-0.39, 0.29) is 10.6 Å². The molecule has 0 heterocycles. The van der Waals surface area contributed by atoms with Crippen LogP contribution in [0.15, 0.2) is 67.3 Å². The van der Waals surface area contributed by atoms with Crippen LogP contribution in [0.4, 0.5) is 11.4 Å². The van der Waals surface area contributed by atoms with Gasteiger partial charge in [0.1, 0.15) is 0 Å². The van der Waals surface area contributed by atoms with Crippen molar-refractivity contribution in [2.75, 3.05) is 11.4 Å². The van der Waals surface area contributed by atoms with E-state index in [1.165, 1.54) is 6.07 Å². The number of anilines is 1. The Morgan fingerprint density at radius 3 is 2.55 bits per heavy atom. The predicted molar refractivity (Wildman–Crippen MR) is 80.8 cm³/mol. The summed E-state index contributed by atoms with van der Waals surface area (Å²) in [4.78, 5) is 12.5. The molecule has 102 valence electrons. The number of non-ortho nitro benzene ring substituents is 1. The van der Waals surface area contributed by atoms with Crippen molar-refractivity contribution < 1.29 is 4.92 Å². The number of rotatable bonds is 6. The van der Waals surface area contributed by atoms with E-state index in [0.29, 0.717) is 13.1 Å². The van der Waals surface area contributed by atoms with Gasteiger partial charge >= 0.3 is 0 Å². The highest BCUT2D eigenvalue weighted by atomic mass is 16.6. The Morgan fingerprint density at radius 1 is 1.15 bits per heavy atom. The molecule has 0 unspecified atom stereocenters. The highest BCUT2D eigenvalue weighted by Gasteiger charge is 2.11. The molecule has 20 heavy (non-hydrogen) atoms. The van der Waals surface area contributed by atoms with Crippen molar-refractivity contribution in [1.29, 1.82) is 0 Å². The van der Waals surface area contributed by atoms with Crippen LogP contribution >= 0.6 is 0 Å². The molecule has 0 aliphatic carbocycles. The van der Waals surface area contributed by atoms with Crippen molar-refractivity contribution in [3.8, 4) is 0 Å². The minimum Gasteiger partial charge on any atom is -0.363 e. The Kier molecular flexibility index (Phi) is 4.50. The van der Waals surface area contributed by atoms with Gasteiger partial charge in [-0.05, 0) is 11.6 Å². The number of nitro groups is 1. The highest BCUT2D eigenvalue weighted by molar-refractivity contribution is 5.53. The van der Waals surface area contributed by atoms with Crippen molar-refractivity contribution in [3.05, 3.63) is 82.9 Å². The van der Waals surface area contributed by atoms with Gasteiger partial charge in [-0.25, -0.2) is 0 Å². The summed E-state index contributed by atoms with van der Waals surface area (Å²) in [5.41, 5.74) is 2.08. The van der Waals surface area contributed by atoms with Gasteiger partial charge in [-0.1, -0.05) is 42.5 Å². The summed E-state index contributed by atoms with van der Waals surface area (Å²) in [6.07, 6.45) is 1.79. The molecule has 0 bridgehead atoms. The number of hydrogen-bond acceptors (Lipinski definition) is 3. The largest absolute Gasteiger partial charge is 0.363 e. The van der Waals surface area contributed by atoms with Gasteiger partial charge in [0, 0.05) is 30.9 Å². The Hall–Kier alpha value is -2.62. The molecule has 2 rings (SSSR count). The first-order valence-electron chi connectivity index (χ1n) is 6.35. The Labute approximate surface area is 118 Å². The number of nitro benzene ring substituents is 1. The van der Waals surface area contributed by atoms with Crippen molar-refractivity contribution in [3.63, 3.8) is 0 Å². The topological polar surface area (TPSA) is 46.4 Å². The van der Waals surface area contributed by atoms with Gasteiger partial charge in [0.05, 0.1) is 4.92 Å². The zero-order valence-corrected chi connectivity index (χ0v) is 11.1. The van der Waals surface area contributed by atoms with Crippen LogP contribution in [0.3, 0.4) is 0 Å². The minimum absolute atomic E-state index is 0.102. The van der Waals surface area contributed by atoms with E-state index < -0.39 is 0 Å². The standard InChI is InChI=1S/C16H16N2O2/c1-2-11-17(13-14-7-4-3-5-8-14)15-9-6-10-16(12-15)18(19)20/h2-10,12H,1,11,13H2. The summed E-state index contributed by atoms with van der Waals surface area (Å²) in [6, 6.07) is 16.7. The first-order chi connectivity index (χ1) is 9.70. The molecule has 0 spiro atoms. The third-order valence-corrected chi connectivity index (χ3v) is 2.97. The van der Waals surface area contributed by atoms with Gasteiger partial charge in [-0.15, -0.1) is 6.58 Å². The SMILES string of the molecule is C=CCN(Cc1ccccc1)c1cccc([N+](=O)[O-])c1. The molecule has 4 nitrogen and oxygen atoms in total. The van der Waals surface area contributed by atoms with E-state index in [1.807, 2.05) is 36.4 Å². The average Bonchev–Trinajstić information content (AvgIpc) is 2.48. The average molecular weight is 268 g/mol. The second-order valence-corrected chi connectivity index (χ2v) is 4.43. The van der Waals surface area contributed by atoms with Crippen LogP contribution in [-0.4, -0.2) is 11.5 Å². The summed E-state index contributed by atoms with van der Waals surface area (Å²) in [5.74, 6) is 0. The Bertz CT molecular complexity index is 596. The molecular weight excluding hydrogens is 252 g/mol. The molecule has 4 heteroatoms. The van der Waals surface area contributed by atoms with Gasteiger partial charge in [0.25, 0.3) is 5.69 Å². The molecule has 0 aliphatic heterocycles. The van der Waals surface area contributed by atoms with Crippen molar-refractivity contribution in [2.45, 2.75) is 6.54 Å². The van der Waals surface area contributed by atoms with Crippen LogP contribution in [0.5, 0.6) is 0 Å². The van der Waals surface area contributed by atoms with E-state index in [4.69, 9.17) is 0 Å². The number of hydrogen-bond donors (Lipinski definition) is 0. The molecule has 0 saturated heterocycles. The normalized spacial score (nSPS) is 10.0. The summed E-state index contributed by atoms with van der Waals surface area (Å²) < 4.78 is 0. The third-order valence-electron chi connectivity index (χ3n) is 2.97. The summed E-state index contributed by atoms with van der Waals surface area (Å²) in [6.45, 7) is 5.07. The van der Waals surface area contributed by atoms with Crippen LogP contribution < -0.4 is 4.90 Å². The molecule has 0 saturated carbocycles. The smallest absolute Gasteiger partial charge is 0.271 e.